The maximum absolute atomic E-state index is 11.3. The van der Waals surface area contributed by atoms with Crippen molar-refractivity contribution in [3.8, 4) is 97.1 Å². The van der Waals surface area contributed by atoms with E-state index in [1.54, 1.807) is 68.7 Å². The molecule has 6 heterocycles. The van der Waals surface area contributed by atoms with Crippen LogP contribution in [0.4, 0.5) is 0 Å². The monoisotopic (exact) mass is 1460 g/mol. The Hall–Kier alpha value is -9.12. The van der Waals surface area contributed by atoms with Crippen molar-refractivity contribution in [2.45, 2.75) is 75.8 Å². The van der Waals surface area contributed by atoms with E-state index in [-0.39, 0.29) is 75.8 Å². The van der Waals surface area contributed by atoms with Crippen molar-refractivity contribution < 1.29 is 64.5 Å². The number of aliphatic hydroxyl groups excluding tert-OH is 1. The second-order valence-electron chi connectivity index (χ2n) is 22.2. The number of aliphatic hydroxyl groups is 1. The number of rotatable bonds is 13. The summed E-state index contributed by atoms with van der Waals surface area (Å²) in [6.07, 6.45) is 0. The molecule has 0 fully saturated rings. The molecule has 0 spiro atoms. The summed E-state index contributed by atoms with van der Waals surface area (Å²) in [6.45, 7) is 16.8. The molecule has 6 aromatic heterocycles. The fraction of sp³-hybridized carbons (Fsp3) is 0.143. The lowest BCUT2D eigenvalue weighted by atomic mass is 10.0. The average Bonchev–Trinajstić information content (AvgIpc) is 1.77. The molecule has 12 rings (SSSR count). The Kier molecular flexibility index (Phi) is 27.1. The number of halogens is 2. The number of benzene rings is 6. The van der Waals surface area contributed by atoms with Crippen LogP contribution in [0, 0.1) is 27.7 Å². The van der Waals surface area contributed by atoms with Crippen LogP contribution in [0.1, 0.15) is 132 Å². The highest BCUT2D eigenvalue weighted by molar-refractivity contribution is 7.16. The second kappa shape index (κ2) is 34.9. The van der Waals surface area contributed by atoms with E-state index in [4.69, 9.17) is 28.3 Å². The predicted octanol–water partition coefficient (Wildman–Crippen LogP) is 22.0. The Balaban J connectivity index is 0.000000166. The Morgan fingerprint density at radius 1 is 0.306 bits per heavy atom. The van der Waals surface area contributed by atoms with Crippen molar-refractivity contribution in [1.82, 2.24) is 0 Å². The molecule has 0 aliphatic heterocycles. The van der Waals surface area contributed by atoms with Crippen molar-refractivity contribution in [2.24, 2.45) is 0 Å². The zero-order chi connectivity index (χ0) is 71.8. The third kappa shape index (κ3) is 19.4. The van der Waals surface area contributed by atoms with E-state index in [2.05, 4.69) is 0 Å². The summed E-state index contributed by atoms with van der Waals surface area (Å²) in [5.74, 6) is -0.284. The summed E-state index contributed by atoms with van der Waals surface area (Å²) in [5, 5.41) is 79.8. The van der Waals surface area contributed by atoms with Crippen LogP contribution in [0.15, 0.2) is 172 Å². The number of ketones is 6. The highest BCUT2D eigenvalue weighted by Gasteiger charge is 2.21. The van der Waals surface area contributed by atoms with Gasteiger partial charge in [0.15, 0.2) is 34.7 Å². The molecule has 0 atom stereocenters. The largest absolute Gasteiger partial charge is 0.506 e. The third-order valence-electron chi connectivity index (χ3n) is 14.9. The van der Waals surface area contributed by atoms with E-state index < -0.39 is 0 Å². The van der Waals surface area contributed by atoms with Gasteiger partial charge < -0.3 is 35.7 Å². The molecule has 0 aliphatic carbocycles. The zero-order valence-electron chi connectivity index (χ0n) is 54.7. The van der Waals surface area contributed by atoms with Gasteiger partial charge in [0.1, 0.15) is 34.5 Å². The minimum Gasteiger partial charge on any atom is -0.506 e. The van der Waals surface area contributed by atoms with Gasteiger partial charge in [0.2, 0.25) is 0 Å². The molecule has 7 N–H and O–H groups in total. The third-order valence-corrected chi connectivity index (χ3v) is 21.5. The number of hydrogen-bond acceptors (Lipinski definition) is 19. The van der Waals surface area contributed by atoms with Gasteiger partial charge in [-0.2, -0.15) is 0 Å². The number of aryl methyl sites for hydroxylation is 4. The van der Waals surface area contributed by atoms with E-state index in [0.717, 1.165) is 53.6 Å². The van der Waals surface area contributed by atoms with Crippen molar-refractivity contribution in [1.29, 1.82) is 0 Å². The first-order valence-corrected chi connectivity index (χ1v) is 35.9. The van der Waals surface area contributed by atoms with E-state index in [1.807, 2.05) is 131 Å². The lowest BCUT2D eigenvalue weighted by Crippen LogP contribution is -1.88. The Morgan fingerprint density at radius 2 is 0.561 bits per heavy atom. The van der Waals surface area contributed by atoms with E-state index in [0.29, 0.717) is 58.1 Å². The fourth-order valence-corrected chi connectivity index (χ4v) is 15.5. The zero-order valence-corrected chi connectivity index (χ0v) is 61.1. The van der Waals surface area contributed by atoms with Crippen molar-refractivity contribution in [3.05, 3.63) is 243 Å². The van der Waals surface area contributed by atoms with Gasteiger partial charge in [-0.05, 0) is 144 Å². The van der Waals surface area contributed by atoms with Gasteiger partial charge in [-0.25, -0.2) is 0 Å². The summed E-state index contributed by atoms with van der Waals surface area (Å²) < 4.78 is 0. The normalized spacial score (nSPS) is 10.4. The molecule has 0 saturated carbocycles. The summed E-state index contributed by atoms with van der Waals surface area (Å²) in [6, 6.07) is 43.3. The van der Waals surface area contributed by atoms with Crippen molar-refractivity contribution >= 4 is 126 Å². The highest BCUT2D eigenvalue weighted by Crippen LogP contribution is 2.44. The predicted molar refractivity (Wildman–Crippen MR) is 403 cm³/mol. The lowest BCUT2D eigenvalue weighted by Gasteiger charge is -2.04. The molecule has 6 aromatic carbocycles. The molecule has 21 heteroatoms. The van der Waals surface area contributed by atoms with Crippen molar-refractivity contribution in [3.63, 3.8) is 0 Å². The molecular weight excluding hydrogens is 1400 g/mol. The number of Topliss-reactive ketones (excluding diaryl/α,β-unsaturated/α-hetero) is 6. The smallest absolute Gasteiger partial charge is 0.164 e. The number of aromatic hydroxyl groups is 6. The van der Waals surface area contributed by atoms with E-state index >= 15 is 0 Å². The lowest BCUT2D eigenvalue weighted by molar-refractivity contribution is 0.100. The van der Waals surface area contributed by atoms with Gasteiger partial charge in [-0.15, -0.1) is 68.0 Å². The molecule has 0 amide bonds. The minimum atomic E-state index is -0.142. The fourth-order valence-electron chi connectivity index (χ4n) is 9.12. The van der Waals surface area contributed by atoms with Crippen LogP contribution in [0.5, 0.6) is 34.5 Å². The molecule has 0 bridgehead atoms. The standard InChI is InChI=1S/C14H14O2S.C13H12O3S.2C13H12O2S.2C12H9ClO2S/c1-8-4-5-11(6-9(8)2)14-13(16)12(7-17-14)10(3)15;1-8(15)11-7-17-13(12(11)16)10-4-2-9(6-14)3-5-10;2*1-8-3-5-10(6-4-8)13-12(15)11(7-16-13)9(2)14;1-7(14)10-6-16-12(11(10)15)8-2-4-9(13)5-3-8;1-7(14)10-6-16-12(11(10)15)8-3-2-4-9(13)5-8/h4-7,16H,1-3H3;2-5,7,14,16H,6H2,1H3;2*3-7,15H,1-2H3;2*2-6,15H,1H3. The molecule has 13 nitrogen and oxygen atoms in total. The average molecular weight is 1460 g/mol. The molecule has 0 aliphatic rings. The highest BCUT2D eigenvalue weighted by atomic mass is 35.5. The van der Waals surface area contributed by atoms with Crippen LogP contribution in [-0.2, 0) is 6.61 Å². The van der Waals surface area contributed by atoms with Gasteiger partial charge >= 0.3 is 0 Å². The molecule has 12 aromatic rings. The number of carbonyl (C=O) groups is 6. The summed E-state index contributed by atoms with van der Waals surface area (Å²) >= 11 is 19.9. The Bertz CT molecular complexity index is 4580. The van der Waals surface area contributed by atoms with Crippen LogP contribution in [0.25, 0.3) is 62.6 Å². The summed E-state index contributed by atoms with van der Waals surface area (Å²) in [7, 11) is 0. The quantitative estimate of drug-likeness (QED) is 0.0532. The van der Waals surface area contributed by atoms with Crippen LogP contribution in [-0.4, -0.2) is 70.4 Å². The van der Waals surface area contributed by atoms with Crippen LogP contribution in [0.2, 0.25) is 10.0 Å². The van der Waals surface area contributed by atoms with Gasteiger partial charge in [-0.1, -0.05) is 150 Å². The molecule has 504 valence electrons. The summed E-state index contributed by atoms with van der Waals surface area (Å²) in [5.41, 5.74) is 13.2. The van der Waals surface area contributed by atoms with Gasteiger partial charge in [-0.3, -0.25) is 28.8 Å². The Labute approximate surface area is 601 Å². The second-order valence-corrected chi connectivity index (χ2v) is 28.4. The minimum absolute atomic E-state index is 0.00456. The van der Waals surface area contributed by atoms with Crippen LogP contribution < -0.4 is 0 Å². The van der Waals surface area contributed by atoms with Crippen LogP contribution >= 0.6 is 91.2 Å². The van der Waals surface area contributed by atoms with Gasteiger partial charge in [0, 0.05) is 42.3 Å². The SMILES string of the molecule is CC(=O)c1csc(-c2ccc(C)c(C)c2)c1O.CC(=O)c1csc(-c2ccc(C)cc2)c1O.CC(=O)c1csc(-c2ccc(C)cc2)c1O.CC(=O)c1csc(-c2ccc(CO)cc2)c1O.CC(=O)c1csc(-c2ccc(Cl)cc2)c1O.CC(=O)c1csc(-c2cccc(Cl)c2)c1O. The first kappa shape index (κ1) is 76.2. The van der Waals surface area contributed by atoms with Gasteiger partial charge in [0.25, 0.3) is 0 Å². The maximum Gasteiger partial charge on any atom is 0.164 e. The molecule has 0 unspecified atom stereocenters. The number of thiophene rings is 6. The molecule has 0 saturated heterocycles. The number of hydrogen-bond donors (Lipinski definition) is 7. The van der Waals surface area contributed by atoms with E-state index in [9.17, 15) is 59.4 Å². The van der Waals surface area contributed by atoms with E-state index in [1.165, 1.54) is 132 Å². The van der Waals surface area contributed by atoms with Crippen molar-refractivity contribution in [2.75, 3.05) is 0 Å². The maximum atomic E-state index is 11.3. The van der Waals surface area contributed by atoms with Gasteiger partial charge in [0.05, 0.1) is 69.3 Å². The molecule has 98 heavy (non-hydrogen) atoms. The van der Waals surface area contributed by atoms with Crippen LogP contribution in [0.3, 0.4) is 0 Å². The molecular formula is C77H68Cl2O13S6. The first-order valence-electron chi connectivity index (χ1n) is 29.8. The number of carbonyl (C=O) groups excluding carboxylic acids is 6. The Morgan fingerprint density at radius 3 is 0.816 bits per heavy atom. The first-order chi connectivity index (χ1) is 46.5. The summed E-state index contributed by atoms with van der Waals surface area (Å²) in [4.78, 5) is 71.6. The topological polar surface area (TPSA) is 244 Å². The molecule has 0 radical (unpaired) electrons.